The molecule has 1 aromatic heterocycles. The number of fused-ring (bicyclic) bond motifs is 1. The van der Waals surface area contributed by atoms with E-state index in [4.69, 9.17) is 5.73 Å². The molecule has 1 amide bonds. The van der Waals surface area contributed by atoms with Crippen LogP contribution >= 0.6 is 0 Å². The summed E-state index contributed by atoms with van der Waals surface area (Å²) in [5.74, 6) is 2.00. The highest BCUT2D eigenvalue weighted by Gasteiger charge is 2.33. The zero-order valence-corrected chi connectivity index (χ0v) is 13.5. The Hall–Kier alpha value is -1.43. The molecule has 3 rings (SSSR count). The number of hydrogen-bond donors (Lipinski definition) is 2. The maximum Gasteiger partial charge on any atom is 0.220 e. The van der Waals surface area contributed by atoms with Gasteiger partial charge in [0.05, 0.1) is 6.54 Å². The minimum Gasteiger partial charge on any atom is -0.351 e. The van der Waals surface area contributed by atoms with E-state index in [0.717, 1.165) is 43.9 Å². The molecule has 1 aliphatic heterocycles. The van der Waals surface area contributed by atoms with Gasteiger partial charge in [0, 0.05) is 18.9 Å². The number of nitrogens with one attached hydrogen (secondary N) is 1. The van der Waals surface area contributed by atoms with Crippen molar-refractivity contribution in [3.05, 3.63) is 11.6 Å². The summed E-state index contributed by atoms with van der Waals surface area (Å²) in [6.07, 6.45) is 8.27. The van der Waals surface area contributed by atoms with Crippen LogP contribution in [0.25, 0.3) is 0 Å². The van der Waals surface area contributed by atoms with Gasteiger partial charge in [0.1, 0.15) is 11.6 Å². The number of carbonyl (C=O) groups excluding carboxylic acids is 1. The van der Waals surface area contributed by atoms with Gasteiger partial charge >= 0.3 is 0 Å². The predicted octanol–water partition coefficient (Wildman–Crippen LogP) is 1.32. The van der Waals surface area contributed by atoms with Crippen molar-refractivity contribution in [2.75, 3.05) is 6.54 Å². The summed E-state index contributed by atoms with van der Waals surface area (Å²) >= 11 is 0. The lowest BCUT2D eigenvalue weighted by atomic mass is 9.71. The van der Waals surface area contributed by atoms with Gasteiger partial charge in [0.15, 0.2) is 0 Å². The smallest absolute Gasteiger partial charge is 0.220 e. The number of hydrogen-bond acceptors (Lipinski definition) is 4. The van der Waals surface area contributed by atoms with Crippen molar-refractivity contribution in [3.63, 3.8) is 0 Å². The number of nitrogens with zero attached hydrogens (tertiary/aromatic N) is 3. The summed E-state index contributed by atoms with van der Waals surface area (Å²) in [5, 5.41) is 7.58. The first-order chi connectivity index (χ1) is 10.6. The summed E-state index contributed by atoms with van der Waals surface area (Å²) < 4.78 is 1.93. The predicted molar refractivity (Wildman–Crippen MR) is 84.2 cm³/mol. The summed E-state index contributed by atoms with van der Waals surface area (Å²) in [7, 11) is 0. The monoisotopic (exact) mass is 305 g/mol. The van der Waals surface area contributed by atoms with Crippen LogP contribution in [0.3, 0.4) is 0 Å². The highest BCUT2D eigenvalue weighted by Crippen LogP contribution is 2.38. The fraction of sp³-hybridized carbons (Fsp3) is 0.812. The highest BCUT2D eigenvalue weighted by atomic mass is 16.1. The van der Waals surface area contributed by atoms with Gasteiger partial charge in [-0.15, -0.1) is 0 Å². The SMILES string of the molecule is Cc1nc2n(n1)CC(NC(=O)CC1(CN)CCCCC1)CC2. The van der Waals surface area contributed by atoms with E-state index in [0.29, 0.717) is 13.0 Å². The Morgan fingerprint density at radius 1 is 1.41 bits per heavy atom. The second-order valence-corrected chi connectivity index (χ2v) is 7.00. The normalized spacial score (nSPS) is 23.8. The van der Waals surface area contributed by atoms with E-state index in [1.54, 1.807) is 0 Å². The second-order valence-electron chi connectivity index (χ2n) is 7.00. The third-order valence-electron chi connectivity index (χ3n) is 5.21. The number of carbonyl (C=O) groups is 1. The van der Waals surface area contributed by atoms with E-state index in [-0.39, 0.29) is 17.4 Å². The average molecular weight is 305 g/mol. The minimum absolute atomic E-state index is 0.0337. The van der Waals surface area contributed by atoms with E-state index < -0.39 is 0 Å². The van der Waals surface area contributed by atoms with Gasteiger partial charge < -0.3 is 11.1 Å². The quantitative estimate of drug-likeness (QED) is 0.878. The molecule has 1 unspecified atom stereocenters. The lowest BCUT2D eigenvalue weighted by Crippen LogP contribution is -2.45. The minimum atomic E-state index is 0.0337. The maximum absolute atomic E-state index is 12.4. The number of aromatic nitrogens is 3. The lowest BCUT2D eigenvalue weighted by Gasteiger charge is -2.36. The molecule has 0 saturated heterocycles. The Balaban J connectivity index is 1.56. The molecule has 2 aliphatic rings. The topological polar surface area (TPSA) is 85.8 Å². The van der Waals surface area contributed by atoms with Gasteiger partial charge in [-0.3, -0.25) is 4.79 Å². The van der Waals surface area contributed by atoms with Crippen LogP contribution in [0.15, 0.2) is 0 Å². The van der Waals surface area contributed by atoms with E-state index in [2.05, 4.69) is 15.4 Å². The van der Waals surface area contributed by atoms with Gasteiger partial charge in [0.2, 0.25) is 5.91 Å². The standard InChI is InChI=1S/C16H27N5O/c1-12-18-14-6-5-13(10-21(14)20-12)19-15(22)9-16(11-17)7-3-2-4-8-16/h13H,2-11,17H2,1H3,(H,19,22). The highest BCUT2D eigenvalue weighted by molar-refractivity contribution is 5.77. The molecule has 1 atom stereocenters. The van der Waals surface area contributed by atoms with E-state index in [9.17, 15) is 4.79 Å². The zero-order chi connectivity index (χ0) is 15.6. The molecule has 122 valence electrons. The van der Waals surface area contributed by atoms with Crippen molar-refractivity contribution in [1.29, 1.82) is 0 Å². The van der Waals surface area contributed by atoms with Gasteiger partial charge in [-0.25, -0.2) is 9.67 Å². The fourth-order valence-corrected chi connectivity index (χ4v) is 3.93. The van der Waals surface area contributed by atoms with Gasteiger partial charge in [-0.1, -0.05) is 19.3 Å². The molecule has 6 heteroatoms. The van der Waals surface area contributed by atoms with Gasteiger partial charge in [-0.2, -0.15) is 5.10 Å². The van der Waals surface area contributed by atoms with E-state index in [1.165, 1.54) is 19.3 Å². The summed E-state index contributed by atoms with van der Waals surface area (Å²) in [5.41, 5.74) is 6.02. The van der Waals surface area contributed by atoms with Crippen molar-refractivity contribution in [1.82, 2.24) is 20.1 Å². The molecular weight excluding hydrogens is 278 g/mol. The van der Waals surface area contributed by atoms with Crippen LogP contribution in [0.1, 0.15) is 56.6 Å². The Bertz CT molecular complexity index is 533. The first-order valence-electron chi connectivity index (χ1n) is 8.50. The lowest BCUT2D eigenvalue weighted by molar-refractivity contribution is -0.124. The Kier molecular flexibility index (Phi) is 4.47. The Morgan fingerprint density at radius 2 is 2.18 bits per heavy atom. The third-order valence-corrected chi connectivity index (χ3v) is 5.21. The molecule has 3 N–H and O–H groups in total. The van der Waals surface area contributed by atoms with Crippen molar-refractivity contribution in [2.24, 2.45) is 11.1 Å². The Morgan fingerprint density at radius 3 is 2.91 bits per heavy atom. The van der Waals surface area contributed by atoms with Crippen LogP contribution in [0.5, 0.6) is 0 Å². The molecule has 22 heavy (non-hydrogen) atoms. The maximum atomic E-state index is 12.4. The second kappa shape index (κ2) is 6.36. The zero-order valence-electron chi connectivity index (χ0n) is 13.5. The largest absolute Gasteiger partial charge is 0.351 e. The van der Waals surface area contributed by atoms with Crippen LogP contribution in [0.4, 0.5) is 0 Å². The molecule has 1 aliphatic carbocycles. The summed E-state index contributed by atoms with van der Waals surface area (Å²) in [6, 6.07) is 0.166. The molecule has 1 aromatic rings. The number of rotatable bonds is 4. The summed E-state index contributed by atoms with van der Waals surface area (Å²) in [6.45, 7) is 3.27. The molecule has 6 nitrogen and oxygen atoms in total. The van der Waals surface area contributed by atoms with Crippen LogP contribution in [0.2, 0.25) is 0 Å². The number of aryl methyl sites for hydroxylation is 2. The molecule has 0 radical (unpaired) electrons. The van der Waals surface area contributed by atoms with Crippen LogP contribution < -0.4 is 11.1 Å². The van der Waals surface area contributed by atoms with Crippen LogP contribution in [-0.2, 0) is 17.8 Å². The first kappa shape index (κ1) is 15.5. The third kappa shape index (κ3) is 3.32. The van der Waals surface area contributed by atoms with Crippen molar-refractivity contribution < 1.29 is 4.79 Å². The fourth-order valence-electron chi connectivity index (χ4n) is 3.93. The van der Waals surface area contributed by atoms with Crippen molar-refractivity contribution in [2.45, 2.75) is 70.9 Å². The molecule has 0 spiro atoms. The first-order valence-corrected chi connectivity index (χ1v) is 8.50. The van der Waals surface area contributed by atoms with E-state index >= 15 is 0 Å². The van der Waals surface area contributed by atoms with E-state index in [1.807, 2.05) is 11.6 Å². The van der Waals surface area contributed by atoms with Crippen molar-refractivity contribution >= 4 is 5.91 Å². The van der Waals surface area contributed by atoms with Crippen molar-refractivity contribution in [3.8, 4) is 0 Å². The number of nitrogens with two attached hydrogens (primary N) is 1. The molecular formula is C16H27N5O. The van der Waals surface area contributed by atoms with Gasteiger partial charge in [-0.05, 0) is 38.1 Å². The molecule has 2 heterocycles. The number of amides is 1. The van der Waals surface area contributed by atoms with Gasteiger partial charge in [0.25, 0.3) is 0 Å². The molecule has 0 bridgehead atoms. The molecule has 1 fully saturated rings. The molecule has 0 aromatic carbocycles. The average Bonchev–Trinajstić information content (AvgIpc) is 2.87. The Labute approximate surface area is 131 Å². The van der Waals surface area contributed by atoms with Crippen LogP contribution in [-0.4, -0.2) is 33.3 Å². The van der Waals surface area contributed by atoms with Crippen LogP contribution in [0, 0.1) is 12.3 Å². The summed E-state index contributed by atoms with van der Waals surface area (Å²) in [4.78, 5) is 16.9. The molecule has 1 saturated carbocycles.